The van der Waals surface area contributed by atoms with Crippen LogP contribution in [-0.4, -0.2) is 60.0 Å². The average molecular weight is 531 g/mol. The molecule has 1 saturated heterocycles. The van der Waals surface area contributed by atoms with Gasteiger partial charge in [0.1, 0.15) is 0 Å². The van der Waals surface area contributed by atoms with Gasteiger partial charge in [-0.15, -0.1) is 0 Å². The lowest BCUT2D eigenvalue weighted by molar-refractivity contribution is -0.125. The van der Waals surface area contributed by atoms with E-state index >= 15 is 0 Å². The summed E-state index contributed by atoms with van der Waals surface area (Å²) in [6.45, 7) is 4.49. The van der Waals surface area contributed by atoms with E-state index in [0.717, 1.165) is 23.0 Å². The molecule has 1 N–H and O–H groups in total. The SMILES string of the molecule is CCC(Cc1cc(-c2ccc(Cl)cc2)nn1C)C(=O)NC1CN(CCOC)CC1c1ccc(F)c(F)c1. The third-order valence-electron chi connectivity index (χ3n) is 7.14. The molecule has 6 nitrogen and oxygen atoms in total. The highest BCUT2D eigenvalue weighted by molar-refractivity contribution is 6.30. The van der Waals surface area contributed by atoms with Crippen LogP contribution in [0.3, 0.4) is 0 Å². The van der Waals surface area contributed by atoms with Crippen molar-refractivity contribution in [1.29, 1.82) is 0 Å². The molecule has 0 spiro atoms. The van der Waals surface area contributed by atoms with E-state index in [1.165, 1.54) is 6.07 Å². The second-order valence-electron chi connectivity index (χ2n) is 9.61. The maximum absolute atomic E-state index is 14.0. The Morgan fingerprint density at radius 3 is 2.59 bits per heavy atom. The van der Waals surface area contributed by atoms with Crippen LogP contribution in [0.25, 0.3) is 11.3 Å². The van der Waals surface area contributed by atoms with Crippen molar-refractivity contribution in [2.45, 2.75) is 31.7 Å². The van der Waals surface area contributed by atoms with Crippen LogP contribution in [0.5, 0.6) is 0 Å². The number of hydrogen-bond donors (Lipinski definition) is 1. The zero-order chi connectivity index (χ0) is 26.5. The summed E-state index contributed by atoms with van der Waals surface area (Å²) < 4.78 is 34.6. The highest BCUT2D eigenvalue weighted by Gasteiger charge is 2.36. The molecule has 37 heavy (non-hydrogen) atoms. The smallest absolute Gasteiger partial charge is 0.223 e. The van der Waals surface area contributed by atoms with Gasteiger partial charge >= 0.3 is 0 Å². The largest absolute Gasteiger partial charge is 0.383 e. The van der Waals surface area contributed by atoms with Crippen LogP contribution < -0.4 is 5.32 Å². The van der Waals surface area contributed by atoms with Crippen LogP contribution in [0.1, 0.15) is 30.5 Å². The molecule has 0 aliphatic carbocycles. The van der Waals surface area contributed by atoms with Crippen molar-refractivity contribution in [3.05, 3.63) is 76.4 Å². The summed E-state index contributed by atoms with van der Waals surface area (Å²) in [6, 6.07) is 13.3. The first-order valence-corrected chi connectivity index (χ1v) is 12.9. The fourth-order valence-electron chi connectivity index (χ4n) is 4.95. The van der Waals surface area contributed by atoms with Crippen LogP contribution in [0.4, 0.5) is 8.78 Å². The Labute approximate surface area is 221 Å². The van der Waals surface area contributed by atoms with Crippen molar-refractivity contribution in [2.24, 2.45) is 13.0 Å². The fraction of sp³-hybridized carbons (Fsp3) is 0.429. The lowest BCUT2D eigenvalue weighted by Crippen LogP contribution is -2.43. The van der Waals surface area contributed by atoms with Crippen LogP contribution in [0, 0.1) is 17.6 Å². The zero-order valence-electron chi connectivity index (χ0n) is 21.4. The molecule has 1 aromatic heterocycles. The van der Waals surface area contributed by atoms with E-state index < -0.39 is 11.6 Å². The van der Waals surface area contributed by atoms with Crippen molar-refractivity contribution in [1.82, 2.24) is 20.0 Å². The molecular weight excluding hydrogens is 498 g/mol. The second-order valence-corrected chi connectivity index (χ2v) is 10.0. The first kappa shape index (κ1) is 27.2. The van der Waals surface area contributed by atoms with E-state index in [9.17, 15) is 13.6 Å². The normalized spacial score (nSPS) is 18.8. The first-order valence-electron chi connectivity index (χ1n) is 12.5. The summed E-state index contributed by atoms with van der Waals surface area (Å²) in [4.78, 5) is 15.6. The maximum Gasteiger partial charge on any atom is 0.223 e. The van der Waals surface area contributed by atoms with E-state index in [1.807, 2.05) is 49.0 Å². The number of rotatable bonds is 10. The van der Waals surface area contributed by atoms with Crippen molar-refractivity contribution in [3.8, 4) is 11.3 Å². The molecule has 198 valence electrons. The summed E-state index contributed by atoms with van der Waals surface area (Å²) >= 11 is 6.01. The van der Waals surface area contributed by atoms with E-state index in [-0.39, 0.29) is 23.8 Å². The Bertz CT molecular complexity index is 1220. The molecule has 1 aliphatic heterocycles. The predicted octanol–water partition coefficient (Wildman–Crippen LogP) is 4.82. The predicted molar refractivity (Wildman–Crippen MR) is 140 cm³/mol. The molecule has 3 unspecified atom stereocenters. The minimum atomic E-state index is -0.878. The molecular formula is C28H33ClF2N4O2. The number of aryl methyl sites for hydroxylation is 1. The van der Waals surface area contributed by atoms with E-state index in [0.29, 0.717) is 49.7 Å². The molecule has 3 atom stereocenters. The number of carbonyl (C=O) groups excluding carboxylic acids is 1. The van der Waals surface area contributed by atoms with Gasteiger partial charge in [-0.1, -0.05) is 36.7 Å². The van der Waals surface area contributed by atoms with Crippen molar-refractivity contribution >= 4 is 17.5 Å². The molecule has 1 fully saturated rings. The van der Waals surface area contributed by atoms with E-state index in [2.05, 4.69) is 15.3 Å². The van der Waals surface area contributed by atoms with Crippen molar-refractivity contribution in [2.75, 3.05) is 33.4 Å². The summed E-state index contributed by atoms with van der Waals surface area (Å²) in [5.41, 5.74) is 3.42. The highest BCUT2D eigenvalue weighted by atomic mass is 35.5. The third-order valence-corrected chi connectivity index (χ3v) is 7.39. The lowest BCUT2D eigenvalue weighted by atomic mass is 9.92. The van der Waals surface area contributed by atoms with Crippen LogP contribution in [0.2, 0.25) is 5.02 Å². The number of nitrogens with zero attached hydrogens (tertiary/aromatic N) is 3. The molecule has 4 rings (SSSR count). The maximum atomic E-state index is 14.0. The molecule has 0 radical (unpaired) electrons. The lowest BCUT2D eigenvalue weighted by Gasteiger charge is -2.23. The number of nitrogens with one attached hydrogen (secondary N) is 1. The van der Waals surface area contributed by atoms with Gasteiger partial charge in [0.25, 0.3) is 0 Å². The van der Waals surface area contributed by atoms with Gasteiger partial charge in [0.15, 0.2) is 11.6 Å². The number of carbonyl (C=O) groups is 1. The van der Waals surface area contributed by atoms with Crippen LogP contribution in [-0.2, 0) is 23.0 Å². The third kappa shape index (κ3) is 6.55. The molecule has 0 bridgehead atoms. The topological polar surface area (TPSA) is 59.4 Å². The Morgan fingerprint density at radius 2 is 1.92 bits per heavy atom. The number of methoxy groups -OCH3 is 1. The molecule has 2 heterocycles. The summed E-state index contributed by atoms with van der Waals surface area (Å²) in [5.74, 6) is -2.22. The van der Waals surface area contributed by atoms with Crippen molar-refractivity contribution < 1.29 is 18.3 Å². The standard InChI is InChI=1S/C28H33ClF2N4O2/c1-4-18(13-22-15-26(33-34(22)2)19-5-8-21(29)9-6-19)28(36)32-27-17-35(11-12-37-3)16-23(27)20-7-10-24(30)25(31)14-20/h5-10,14-15,18,23,27H,4,11-13,16-17H2,1-3H3,(H,32,36). The number of ether oxygens (including phenoxy) is 1. The van der Waals surface area contributed by atoms with Crippen LogP contribution in [0.15, 0.2) is 48.5 Å². The summed E-state index contributed by atoms with van der Waals surface area (Å²) in [6.07, 6.45) is 1.19. The molecule has 3 aromatic rings. The molecule has 1 amide bonds. The number of hydrogen-bond acceptors (Lipinski definition) is 4. The average Bonchev–Trinajstić information content (AvgIpc) is 3.46. The number of amides is 1. The Morgan fingerprint density at radius 1 is 1.16 bits per heavy atom. The molecule has 9 heteroatoms. The number of halogens is 3. The Hall–Kier alpha value is -2.81. The minimum absolute atomic E-state index is 0.0529. The van der Waals surface area contributed by atoms with Gasteiger partial charge in [0, 0.05) is 74.4 Å². The monoisotopic (exact) mass is 530 g/mol. The Balaban J connectivity index is 1.48. The zero-order valence-corrected chi connectivity index (χ0v) is 22.1. The van der Waals surface area contributed by atoms with Gasteiger partial charge in [-0.05, 0) is 42.3 Å². The van der Waals surface area contributed by atoms with Crippen LogP contribution >= 0.6 is 11.6 Å². The van der Waals surface area contributed by atoms with E-state index in [4.69, 9.17) is 16.3 Å². The quantitative estimate of drug-likeness (QED) is 0.408. The van der Waals surface area contributed by atoms with Crippen molar-refractivity contribution in [3.63, 3.8) is 0 Å². The second kappa shape index (κ2) is 12.2. The van der Waals surface area contributed by atoms with Gasteiger partial charge in [0.05, 0.1) is 12.3 Å². The first-order chi connectivity index (χ1) is 17.8. The Kier molecular flexibility index (Phi) is 8.95. The summed E-state index contributed by atoms with van der Waals surface area (Å²) in [5, 5.41) is 8.51. The number of benzene rings is 2. The van der Waals surface area contributed by atoms with E-state index in [1.54, 1.807) is 13.2 Å². The van der Waals surface area contributed by atoms with Gasteiger partial charge in [-0.3, -0.25) is 14.4 Å². The number of likely N-dealkylation sites (tertiary alicyclic amines) is 1. The van der Waals surface area contributed by atoms with Gasteiger partial charge < -0.3 is 10.1 Å². The fourth-order valence-corrected chi connectivity index (χ4v) is 5.08. The molecule has 1 aliphatic rings. The van der Waals surface area contributed by atoms with Gasteiger partial charge in [-0.25, -0.2) is 8.78 Å². The summed E-state index contributed by atoms with van der Waals surface area (Å²) in [7, 11) is 3.52. The molecule has 2 aromatic carbocycles. The highest BCUT2D eigenvalue weighted by Crippen LogP contribution is 2.30. The number of aromatic nitrogens is 2. The van der Waals surface area contributed by atoms with Gasteiger partial charge in [0.2, 0.25) is 5.91 Å². The molecule has 0 saturated carbocycles. The van der Waals surface area contributed by atoms with Gasteiger partial charge in [-0.2, -0.15) is 5.10 Å². The minimum Gasteiger partial charge on any atom is -0.383 e.